The first-order chi connectivity index (χ1) is 7.61. The van der Waals surface area contributed by atoms with Gasteiger partial charge in [0, 0.05) is 11.8 Å². The molecular weight excluding hydrogens is 256 g/mol. The van der Waals surface area contributed by atoms with Gasteiger partial charge in [-0.05, 0) is 65.2 Å². The van der Waals surface area contributed by atoms with Crippen LogP contribution in [0.15, 0.2) is 0 Å². The summed E-state index contributed by atoms with van der Waals surface area (Å²) >= 11 is 0. The molecule has 10 radical (unpaired) electrons. The van der Waals surface area contributed by atoms with Crippen molar-refractivity contribution in [2.24, 2.45) is 0 Å². The number of hydrogen-bond acceptors (Lipinski definition) is 2. The Balaban J connectivity index is 0.000000284. The van der Waals surface area contributed by atoms with E-state index in [9.17, 15) is 0 Å². The second-order valence-corrected chi connectivity index (χ2v) is 3.79. The Kier molecular flexibility index (Phi) is 9.62. The van der Waals surface area contributed by atoms with Gasteiger partial charge in [0.1, 0.15) is 0 Å². The van der Waals surface area contributed by atoms with Crippen LogP contribution in [0.2, 0.25) is 0 Å². The van der Waals surface area contributed by atoms with Crippen molar-refractivity contribution in [2.75, 3.05) is 0 Å². The van der Waals surface area contributed by atoms with Crippen molar-refractivity contribution < 1.29 is 27.3 Å². The second-order valence-electron chi connectivity index (χ2n) is 3.79. The van der Waals surface area contributed by atoms with E-state index in [1.165, 1.54) is 0 Å². The van der Waals surface area contributed by atoms with Crippen LogP contribution < -0.4 is 0 Å². The van der Waals surface area contributed by atoms with Crippen molar-refractivity contribution in [1.82, 2.24) is 0 Å². The van der Waals surface area contributed by atoms with Gasteiger partial charge in [-0.3, -0.25) is 0 Å². The number of rotatable bonds is 2. The second kappa shape index (κ2) is 9.38. The summed E-state index contributed by atoms with van der Waals surface area (Å²) in [7, 11) is 0. The van der Waals surface area contributed by atoms with Gasteiger partial charge in [0.25, 0.3) is 0 Å². The minimum Gasteiger partial charge on any atom is -0.393 e. The minimum absolute atomic E-state index is 0. The standard InChI is InChI=1S/2C7H9O.Fe/c2*1-6(8)7-4-2-3-5-7;/h2*2-6,8H,1H3;/q;;+2/t2*6-;/m11./s1. The molecule has 0 aromatic carbocycles. The third kappa shape index (κ3) is 6.81. The van der Waals surface area contributed by atoms with Crippen LogP contribution in [0.4, 0.5) is 0 Å². The fourth-order valence-corrected chi connectivity index (χ4v) is 1.33. The third-order valence-corrected chi connectivity index (χ3v) is 2.34. The van der Waals surface area contributed by atoms with Crippen LogP contribution in [0, 0.1) is 63.2 Å². The molecule has 0 heterocycles. The van der Waals surface area contributed by atoms with E-state index in [0.29, 0.717) is 0 Å². The molecule has 2 saturated carbocycles. The molecule has 92 valence electrons. The minimum atomic E-state index is -0.315. The predicted molar refractivity (Wildman–Crippen MR) is 64.2 cm³/mol. The van der Waals surface area contributed by atoms with Crippen LogP contribution in [0.3, 0.4) is 0 Å². The maximum Gasteiger partial charge on any atom is 2.00 e. The van der Waals surface area contributed by atoms with Crippen molar-refractivity contribution in [2.45, 2.75) is 26.1 Å². The van der Waals surface area contributed by atoms with Crippen LogP contribution in [-0.2, 0) is 17.1 Å². The molecule has 2 nitrogen and oxygen atoms in total. The Hall–Kier alpha value is 0.439. The summed E-state index contributed by atoms with van der Waals surface area (Å²) in [5.74, 6) is 1.98. The van der Waals surface area contributed by atoms with Gasteiger partial charge in [-0.1, -0.05) is 0 Å². The maximum absolute atomic E-state index is 8.91. The van der Waals surface area contributed by atoms with Crippen LogP contribution in [-0.4, -0.2) is 22.4 Å². The van der Waals surface area contributed by atoms with Crippen LogP contribution in [0.1, 0.15) is 13.8 Å². The molecule has 2 aliphatic rings. The van der Waals surface area contributed by atoms with Gasteiger partial charge in [0.05, 0.1) is 12.2 Å². The zero-order valence-corrected chi connectivity index (χ0v) is 11.1. The Labute approximate surface area is 117 Å². The summed E-state index contributed by atoms with van der Waals surface area (Å²) in [5, 5.41) is 17.8. The number of hydrogen-bond donors (Lipinski definition) is 2. The number of aliphatic hydroxyl groups is 2. The molecule has 0 amide bonds. The Bertz CT molecular complexity index is 151. The molecule has 0 aromatic rings. The first-order valence-corrected chi connectivity index (χ1v) is 5.40. The Morgan fingerprint density at radius 3 is 1.06 bits per heavy atom. The summed E-state index contributed by atoms with van der Waals surface area (Å²) in [4.78, 5) is 0. The molecular formula is C14H18FeO2+2. The maximum atomic E-state index is 8.91. The van der Waals surface area contributed by atoms with Gasteiger partial charge in [-0.2, -0.15) is 0 Å². The van der Waals surface area contributed by atoms with Crippen molar-refractivity contribution in [3.8, 4) is 0 Å². The van der Waals surface area contributed by atoms with E-state index in [1.54, 1.807) is 13.8 Å². The summed E-state index contributed by atoms with van der Waals surface area (Å²) < 4.78 is 0. The normalized spacial score (nSPS) is 24.7. The van der Waals surface area contributed by atoms with E-state index in [4.69, 9.17) is 10.2 Å². The third-order valence-electron chi connectivity index (χ3n) is 2.34. The summed E-state index contributed by atoms with van der Waals surface area (Å²) in [6, 6.07) is 0. The zero-order chi connectivity index (χ0) is 12.0. The molecule has 2 rings (SSSR count). The smallest absolute Gasteiger partial charge is 0.393 e. The summed E-state index contributed by atoms with van der Waals surface area (Å²) in [6.07, 6.45) is 14.7. The SMILES string of the molecule is C[C@@H](O)[C]1[CH][CH][CH][CH]1.C[C@@H](O)[C]1[CH][CH][CH][CH]1.[Fe+2]. The van der Waals surface area contributed by atoms with Crippen molar-refractivity contribution in [1.29, 1.82) is 0 Å². The van der Waals surface area contributed by atoms with Crippen LogP contribution in [0.5, 0.6) is 0 Å². The van der Waals surface area contributed by atoms with Crippen molar-refractivity contribution >= 4 is 0 Å². The molecule has 2 aliphatic carbocycles. The van der Waals surface area contributed by atoms with Crippen molar-refractivity contribution in [3.05, 3.63) is 63.2 Å². The van der Waals surface area contributed by atoms with Gasteiger partial charge in [-0.25, -0.2) is 0 Å². The van der Waals surface area contributed by atoms with E-state index in [0.717, 1.165) is 11.8 Å². The zero-order valence-electron chi connectivity index (χ0n) is 10.0. The van der Waals surface area contributed by atoms with E-state index in [2.05, 4.69) is 0 Å². The first-order valence-electron chi connectivity index (χ1n) is 5.40. The fraction of sp³-hybridized carbons (Fsp3) is 0.286. The quantitative estimate of drug-likeness (QED) is 0.750. The van der Waals surface area contributed by atoms with E-state index < -0.39 is 0 Å². The molecule has 17 heavy (non-hydrogen) atoms. The molecule has 2 N–H and O–H groups in total. The van der Waals surface area contributed by atoms with Gasteiger partial charge >= 0.3 is 17.1 Å². The summed E-state index contributed by atoms with van der Waals surface area (Å²) in [6.45, 7) is 3.52. The molecule has 2 fully saturated rings. The monoisotopic (exact) mass is 274 g/mol. The fourth-order valence-electron chi connectivity index (χ4n) is 1.33. The first kappa shape index (κ1) is 17.4. The predicted octanol–water partition coefficient (Wildman–Crippen LogP) is 1.54. The molecule has 0 aromatic heterocycles. The van der Waals surface area contributed by atoms with Crippen molar-refractivity contribution in [3.63, 3.8) is 0 Å². The Morgan fingerprint density at radius 1 is 0.706 bits per heavy atom. The van der Waals surface area contributed by atoms with E-state index in [1.807, 2.05) is 51.4 Å². The van der Waals surface area contributed by atoms with Gasteiger partial charge < -0.3 is 10.2 Å². The molecule has 0 aliphatic heterocycles. The van der Waals surface area contributed by atoms with Gasteiger partial charge in [0.15, 0.2) is 0 Å². The largest absolute Gasteiger partial charge is 2.00 e. The number of aliphatic hydroxyl groups excluding tert-OH is 2. The Morgan fingerprint density at radius 2 is 0.941 bits per heavy atom. The molecule has 0 spiro atoms. The molecule has 0 unspecified atom stereocenters. The molecule has 3 heteroatoms. The topological polar surface area (TPSA) is 40.5 Å². The molecule has 2 atom stereocenters. The van der Waals surface area contributed by atoms with E-state index >= 15 is 0 Å². The average Bonchev–Trinajstić information content (AvgIpc) is 2.93. The van der Waals surface area contributed by atoms with E-state index in [-0.39, 0.29) is 29.3 Å². The van der Waals surface area contributed by atoms with Crippen LogP contribution in [0.25, 0.3) is 0 Å². The average molecular weight is 274 g/mol. The molecule has 0 bridgehead atoms. The van der Waals surface area contributed by atoms with Gasteiger partial charge in [-0.15, -0.1) is 0 Å². The molecule has 0 saturated heterocycles. The van der Waals surface area contributed by atoms with Crippen LogP contribution >= 0.6 is 0 Å². The summed E-state index contributed by atoms with van der Waals surface area (Å²) in [5.41, 5.74) is 0. The van der Waals surface area contributed by atoms with Gasteiger partial charge in [0.2, 0.25) is 0 Å².